The van der Waals surface area contributed by atoms with Crippen LogP contribution in [0.4, 0.5) is 22.7 Å². The lowest BCUT2D eigenvalue weighted by Gasteiger charge is -2.09. The summed E-state index contributed by atoms with van der Waals surface area (Å²) in [5.41, 5.74) is 8.92. The lowest BCUT2D eigenvalue weighted by molar-refractivity contribution is -0.384. The van der Waals surface area contributed by atoms with Gasteiger partial charge in [-0.25, -0.2) is 0 Å². The summed E-state index contributed by atoms with van der Waals surface area (Å²) in [5, 5.41) is 31.1. The van der Waals surface area contributed by atoms with Gasteiger partial charge in [-0.15, -0.1) is 0 Å². The number of nitrogen functional groups attached to an aromatic ring is 1. The molecule has 0 bridgehead atoms. The Bertz CT molecular complexity index is 1550. The van der Waals surface area contributed by atoms with Crippen molar-refractivity contribution in [3.05, 3.63) is 94.6 Å². The summed E-state index contributed by atoms with van der Waals surface area (Å²) in [4.78, 5) is 27.9. The number of nitro benzene ring substituents is 1. The first-order valence-corrected chi connectivity index (χ1v) is 12.8. The molecule has 0 saturated heterocycles. The Labute approximate surface area is 261 Å². The highest BCUT2D eigenvalue weighted by Crippen LogP contribution is 2.31. The molecule has 2 heterocycles. The summed E-state index contributed by atoms with van der Waals surface area (Å²) in [5.74, 6) is 2.14. The van der Waals surface area contributed by atoms with E-state index in [0.29, 0.717) is 45.8 Å². The fraction of sp³-hybridized carbons (Fsp3) is 0.200. The minimum absolute atomic E-state index is 0. The van der Waals surface area contributed by atoms with Gasteiger partial charge in [0.25, 0.3) is 5.69 Å². The number of anilines is 3. The van der Waals surface area contributed by atoms with Crippen molar-refractivity contribution in [3.63, 3.8) is 0 Å². The van der Waals surface area contributed by atoms with Crippen molar-refractivity contribution in [2.75, 3.05) is 51.8 Å². The van der Waals surface area contributed by atoms with Crippen LogP contribution in [-0.4, -0.2) is 67.9 Å². The molecule has 15 nitrogen and oxygen atoms in total. The van der Waals surface area contributed by atoms with Gasteiger partial charge in [0, 0.05) is 51.8 Å². The Kier molecular flexibility index (Phi) is 16.5. The van der Waals surface area contributed by atoms with Crippen molar-refractivity contribution < 1.29 is 29.2 Å². The van der Waals surface area contributed by atoms with Crippen LogP contribution in [0.3, 0.4) is 0 Å². The van der Waals surface area contributed by atoms with Gasteiger partial charge in [-0.3, -0.25) is 20.1 Å². The molecule has 0 atom stereocenters. The van der Waals surface area contributed by atoms with Gasteiger partial charge in [-0.05, 0) is 36.4 Å². The predicted molar refractivity (Wildman–Crippen MR) is 176 cm³/mol. The van der Waals surface area contributed by atoms with E-state index < -0.39 is 4.92 Å². The number of nitrogens with zero attached hydrogens (tertiary/aromatic N) is 5. The Hall–Kier alpha value is -5.96. The number of pyridine rings is 2. The van der Waals surface area contributed by atoms with Gasteiger partial charge in [0.1, 0.15) is 42.9 Å². The predicted octanol–water partition coefficient (Wildman–Crippen LogP) is 5.53. The first kappa shape index (κ1) is 37.1. The molecule has 240 valence electrons. The quantitative estimate of drug-likeness (QED) is 0.0706. The van der Waals surface area contributed by atoms with E-state index in [-0.39, 0.29) is 13.1 Å². The maximum absolute atomic E-state index is 11.0. The molecule has 2 aromatic heterocycles. The second-order valence-corrected chi connectivity index (χ2v) is 8.06. The van der Waals surface area contributed by atoms with Crippen LogP contribution in [0.1, 0.15) is 18.8 Å². The van der Waals surface area contributed by atoms with Crippen LogP contribution in [0, 0.1) is 10.1 Å². The molecule has 0 aliphatic heterocycles. The van der Waals surface area contributed by atoms with Gasteiger partial charge in [0.15, 0.2) is 0 Å². The number of nitrogens with one attached hydrogen (secondary N) is 2. The van der Waals surface area contributed by atoms with E-state index in [1.54, 1.807) is 61.9 Å². The standard InChI is InChI=1S/C14H14N4O4.C14H16N4O2.CH4O.CH4/c1-15-13-4-3-11(8-14(13)18(19)20)22-12-5-6-16-10(7-12)9-17-21-2;1-16-14-4-3-11(8-13(14)15)20-12-5-6-17-10(7-12)9-18-19-2;1-2;/h3-9,15H,1-2H3;3-9,16H,15H2,1-2H3;2H,1H3;1H4/b17-9-;18-9-;;. The summed E-state index contributed by atoms with van der Waals surface area (Å²) >= 11 is 0. The number of oxime groups is 2. The Morgan fingerprint density at radius 3 is 1.64 bits per heavy atom. The molecule has 0 unspecified atom stereocenters. The highest BCUT2D eigenvalue weighted by Gasteiger charge is 2.14. The topological polar surface area (TPSA) is 201 Å². The number of aliphatic hydroxyl groups is 1. The normalized spacial score (nSPS) is 9.91. The molecule has 2 aromatic carbocycles. The lowest BCUT2D eigenvalue weighted by atomic mass is 10.2. The molecule has 0 spiro atoms. The molecule has 0 aliphatic rings. The summed E-state index contributed by atoms with van der Waals surface area (Å²) < 4.78 is 11.3. The Balaban J connectivity index is 0.000000419. The Morgan fingerprint density at radius 2 is 1.22 bits per heavy atom. The minimum atomic E-state index is -0.470. The number of hydrogen-bond donors (Lipinski definition) is 4. The average Bonchev–Trinajstić information content (AvgIpc) is 3.04. The summed E-state index contributed by atoms with van der Waals surface area (Å²) in [6.45, 7) is 0. The van der Waals surface area contributed by atoms with Gasteiger partial charge in [0.2, 0.25) is 0 Å². The molecule has 4 rings (SSSR count). The van der Waals surface area contributed by atoms with Crippen molar-refractivity contribution >= 4 is 35.2 Å². The molecule has 4 aromatic rings. The lowest BCUT2D eigenvalue weighted by Crippen LogP contribution is -1.97. The van der Waals surface area contributed by atoms with Crippen molar-refractivity contribution in [3.8, 4) is 23.0 Å². The highest BCUT2D eigenvalue weighted by atomic mass is 16.6. The molecular formula is C30H38N8O7. The maximum atomic E-state index is 11.0. The molecule has 45 heavy (non-hydrogen) atoms. The third kappa shape index (κ3) is 12.0. The van der Waals surface area contributed by atoms with E-state index in [0.717, 1.165) is 12.8 Å². The van der Waals surface area contributed by atoms with E-state index in [4.69, 9.17) is 20.3 Å². The van der Waals surface area contributed by atoms with Crippen molar-refractivity contribution in [1.82, 2.24) is 9.97 Å². The second-order valence-electron chi connectivity index (χ2n) is 8.06. The summed E-state index contributed by atoms with van der Waals surface area (Å²) in [6, 6.07) is 16.8. The van der Waals surface area contributed by atoms with E-state index in [2.05, 4.69) is 40.6 Å². The maximum Gasteiger partial charge on any atom is 0.296 e. The zero-order chi connectivity index (χ0) is 32.3. The van der Waals surface area contributed by atoms with Gasteiger partial charge in [-0.2, -0.15) is 0 Å². The van der Waals surface area contributed by atoms with E-state index in [1.165, 1.54) is 32.7 Å². The number of aliphatic hydroxyl groups excluding tert-OH is 1. The number of nitrogens with two attached hydrogens (primary N) is 1. The van der Waals surface area contributed by atoms with Gasteiger partial charge in [0.05, 0.1) is 46.2 Å². The van der Waals surface area contributed by atoms with E-state index in [9.17, 15) is 10.1 Å². The van der Waals surface area contributed by atoms with Crippen LogP contribution in [0.15, 0.2) is 83.4 Å². The number of nitro groups is 1. The summed E-state index contributed by atoms with van der Waals surface area (Å²) in [7, 11) is 7.34. The largest absolute Gasteiger partial charge is 0.457 e. The molecule has 0 amide bonds. The molecule has 0 radical (unpaired) electrons. The van der Waals surface area contributed by atoms with Gasteiger partial charge >= 0.3 is 0 Å². The number of benzene rings is 2. The van der Waals surface area contributed by atoms with Crippen molar-refractivity contribution in [2.45, 2.75) is 7.43 Å². The molecule has 0 saturated carbocycles. The fourth-order valence-electron chi connectivity index (χ4n) is 3.38. The van der Waals surface area contributed by atoms with E-state index >= 15 is 0 Å². The van der Waals surface area contributed by atoms with Crippen LogP contribution >= 0.6 is 0 Å². The average molecular weight is 623 g/mol. The van der Waals surface area contributed by atoms with Crippen LogP contribution in [-0.2, 0) is 9.68 Å². The number of rotatable bonds is 11. The first-order chi connectivity index (χ1) is 21.4. The van der Waals surface area contributed by atoms with Crippen LogP contribution in [0.2, 0.25) is 0 Å². The highest BCUT2D eigenvalue weighted by molar-refractivity contribution is 5.77. The third-order valence-corrected chi connectivity index (χ3v) is 5.28. The van der Waals surface area contributed by atoms with Crippen molar-refractivity contribution in [1.29, 1.82) is 0 Å². The number of ether oxygens (including phenoxy) is 2. The van der Waals surface area contributed by atoms with E-state index in [1.807, 2.05) is 19.2 Å². The molecular weight excluding hydrogens is 584 g/mol. The minimum Gasteiger partial charge on any atom is -0.457 e. The fourth-order valence-corrected chi connectivity index (χ4v) is 3.38. The zero-order valence-electron chi connectivity index (χ0n) is 24.8. The Morgan fingerprint density at radius 1 is 0.778 bits per heavy atom. The van der Waals surface area contributed by atoms with Crippen molar-refractivity contribution in [2.24, 2.45) is 10.3 Å². The second kappa shape index (κ2) is 20.0. The van der Waals surface area contributed by atoms with Crippen LogP contribution in [0.25, 0.3) is 0 Å². The molecule has 0 fully saturated rings. The first-order valence-electron chi connectivity index (χ1n) is 12.8. The SMILES string of the molecule is C.CNc1ccc(Oc2ccnc(/C=N\OC)c2)cc1N.CNc1ccc(Oc2ccnc(/C=N\OC)c2)cc1[N+](=O)[O-].CO. The van der Waals surface area contributed by atoms with Crippen LogP contribution in [0.5, 0.6) is 23.0 Å². The van der Waals surface area contributed by atoms with Crippen LogP contribution < -0.4 is 25.8 Å². The summed E-state index contributed by atoms with van der Waals surface area (Å²) in [6.07, 6.45) is 6.12. The molecule has 5 N–H and O–H groups in total. The molecule has 15 heteroatoms. The monoisotopic (exact) mass is 622 g/mol. The zero-order valence-corrected chi connectivity index (χ0v) is 24.8. The number of aromatic nitrogens is 2. The molecule has 0 aliphatic carbocycles. The smallest absolute Gasteiger partial charge is 0.296 e. The van der Waals surface area contributed by atoms with Gasteiger partial charge < -0.3 is 40.6 Å². The third-order valence-electron chi connectivity index (χ3n) is 5.28. The number of hydrogen-bond acceptors (Lipinski definition) is 14. The van der Waals surface area contributed by atoms with Gasteiger partial charge in [-0.1, -0.05) is 17.7 Å².